The number of aliphatic imine (C=N–C) groups is 1. The molecule has 0 aromatic carbocycles. The minimum absolute atomic E-state index is 0.00699. The van der Waals surface area contributed by atoms with Gasteiger partial charge in [-0.15, -0.1) is 0 Å². The Morgan fingerprint density at radius 2 is 2.12 bits per heavy atom. The summed E-state index contributed by atoms with van der Waals surface area (Å²) in [5.41, 5.74) is 0.777. The molecule has 1 rings (SSSR count). The fraction of sp³-hybridized carbons (Fsp3) is 0.182. The van der Waals surface area contributed by atoms with Gasteiger partial charge < -0.3 is 9.66 Å². The molecule has 2 N–H and O–H groups in total. The third kappa shape index (κ3) is 2.56. The molecule has 0 aliphatic heterocycles. The van der Waals surface area contributed by atoms with Gasteiger partial charge in [-0.05, 0) is 19.1 Å². The summed E-state index contributed by atoms with van der Waals surface area (Å²) in [6.45, 7) is 1.83. The zero-order valence-electron chi connectivity index (χ0n) is 9.04. The maximum absolute atomic E-state index is 11.1. The van der Waals surface area contributed by atoms with Crippen LogP contribution in [0.4, 0.5) is 0 Å². The van der Waals surface area contributed by atoms with Crippen LogP contribution < -0.4 is 0 Å². The van der Waals surface area contributed by atoms with Gasteiger partial charge in [-0.3, -0.25) is 4.99 Å². The molecule has 5 heteroatoms. The molecule has 0 fully saturated rings. The van der Waals surface area contributed by atoms with Crippen molar-refractivity contribution in [1.82, 2.24) is 0 Å². The molecule has 1 aliphatic rings. The van der Waals surface area contributed by atoms with Gasteiger partial charge in [0, 0.05) is 12.6 Å². The van der Waals surface area contributed by atoms with Crippen molar-refractivity contribution >= 4 is 16.8 Å². The smallest absolute Gasteiger partial charge is 0.187 e. The van der Waals surface area contributed by atoms with E-state index in [1.807, 2.05) is 6.92 Å². The number of hydrogen-bond donors (Lipinski definition) is 2. The monoisotopic (exact) mass is 239 g/mol. The van der Waals surface area contributed by atoms with E-state index in [1.165, 1.54) is 19.2 Å². The Labute approximate surface area is 96.7 Å². The standard InChI is InChI=1S/C11H13NO3S/c1-3-4-5-8-10(16(14)15)7-6-9(13)11(8)12-2/h3-7,13H,1-2H3,(H,14,15)/b4-3-,8-5-,12-11?. The maximum Gasteiger partial charge on any atom is 0.187 e. The lowest BCUT2D eigenvalue weighted by Crippen LogP contribution is -2.14. The zero-order chi connectivity index (χ0) is 12.1. The summed E-state index contributed by atoms with van der Waals surface area (Å²) in [5, 5.41) is 9.58. The first-order valence-corrected chi connectivity index (χ1v) is 5.75. The third-order valence-corrected chi connectivity index (χ3v) is 2.76. The Morgan fingerprint density at radius 3 is 2.62 bits per heavy atom. The van der Waals surface area contributed by atoms with Crippen molar-refractivity contribution in [1.29, 1.82) is 0 Å². The van der Waals surface area contributed by atoms with E-state index in [2.05, 4.69) is 4.99 Å². The lowest BCUT2D eigenvalue weighted by atomic mass is 10.0. The van der Waals surface area contributed by atoms with Crippen molar-refractivity contribution in [3.8, 4) is 0 Å². The van der Waals surface area contributed by atoms with Crippen LogP contribution >= 0.6 is 0 Å². The second-order valence-corrected chi connectivity index (χ2v) is 3.95. The molecule has 86 valence electrons. The minimum atomic E-state index is -2.10. The van der Waals surface area contributed by atoms with Gasteiger partial charge in [0.1, 0.15) is 11.5 Å². The van der Waals surface area contributed by atoms with Gasteiger partial charge in [-0.25, -0.2) is 4.21 Å². The van der Waals surface area contributed by atoms with Crippen molar-refractivity contribution in [3.63, 3.8) is 0 Å². The van der Waals surface area contributed by atoms with Crippen LogP contribution in [-0.4, -0.2) is 26.6 Å². The summed E-state index contributed by atoms with van der Waals surface area (Å²) >= 11 is -2.10. The highest BCUT2D eigenvalue weighted by Gasteiger charge is 2.21. The van der Waals surface area contributed by atoms with Crippen molar-refractivity contribution in [2.45, 2.75) is 6.92 Å². The molecule has 0 saturated carbocycles. The molecule has 0 bridgehead atoms. The Kier molecular flexibility index (Phi) is 4.39. The molecule has 0 saturated heterocycles. The molecule has 16 heavy (non-hydrogen) atoms. The molecular formula is C11H13NO3S. The molecule has 1 aliphatic carbocycles. The first-order chi connectivity index (χ1) is 7.61. The summed E-state index contributed by atoms with van der Waals surface area (Å²) in [6.07, 6.45) is 7.92. The van der Waals surface area contributed by atoms with Gasteiger partial charge in [0.25, 0.3) is 0 Å². The number of nitrogens with zero attached hydrogens (tertiary/aromatic N) is 1. The fourth-order valence-electron chi connectivity index (χ4n) is 1.32. The average Bonchev–Trinajstić information content (AvgIpc) is 2.25. The molecule has 1 atom stereocenters. The van der Waals surface area contributed by atoms with E-state index in [0.29, 0.717) is 11.3 Å². The van der Waals surface area contributed by atoms with Gasteiger partial charge in [0.05, 0.1) is 4.91 Å². The summed E-state index contributed by atoms with van der Waals surface area (Å²) in [4.78, 5) is 4.14. The number of hydrogen-bond acceptors (Lipinski definition) is 3. The van der Waals surface area contributed by atoms with Crippen LogP contribution in [0, 0.1) is 0 Å². The van der Waals surface area contributed by atoms with Crippen molar-refractivity contribution in [2.24, 2.45) is 4.99 Å². The first-order valence-electron chi connectivity index (χ1n) is 4.64. The van der Waals surface area contributed by atoms with Crippen LogP contribution in [0.5, 0.6) is 0 Å². The highest BCUT2D eigenvalue weighted by atomic mass is 32.2. The lowest BCUT2D eigenvalue weighted by Gasteiger charge is -2.14. The molecule has 1 unspecified atom stereocenters. The van der Waals surface area contributed by atoms with Gasteiger partial charge >= 0.3 is 0 Å². The van der Waals surface area contributed by atoms with Gasteiger partial charge in [0.2, 0.25) is 0 Å². The van der Waals surface area contributed by atoms with Crippen LogP contribution in [0.1, 0.15) is 6.92 Å². The van der Waals surface area contributed by atoms with Crippen LogP contribution in [0.15, 0.2) is 51.6 Å². The molecule has 0 spiro atoms. The molecular weight excluding hydrogens is 226 g/mol. The fourth-order valence-corrected chi connectivity index (χ4v) is 1.86. The van der Waals surface area contributed by atoms with Crippen molar-refractivity contribution in [2.75, 3.05) is 7.05 Å². The van der Waals surface area contributed by atoms with Gasteiger partial charge in [-0.1, -0.05) is 18.2 Å². The predicted octanol–water partition coefficient (Wildman–Crippen LogP) is 2.12. The average molecular weight is 239 g/mol. The molecule has 0 aromatic heterocycles. The number of rotatable bonds is 2. The van der Waals surface area contributed by atoms with Crippen molar-refractivity contribution < 1.29 is 13.9 Å². The Bertz CT molecular complexity index is 456. The molecule has 0 radical (unpaired) electrons. The highest BCUT2D eigenvalue weighted by Crippen LogP contribution is 2.23. The molecule has 0 amide bonds. The van der Waals surface area contributed by atoms with Crippen LogP contribution in [0.25, 0.3) is 0 Å². The van der Waals surface area contributed by atoms with E-state index < -0.39 is 11.1 Å². The Balaban J connectivity index is 3.32. The summed E-state index contributed by atoms with van der Waals surface area (Å²) < 4.78 is 20.2. The van der Waals surface area contributed by atoms with E-state index in [-0.39, 0.29) is 10.7 Å². The number of aliphatic hydroxyl groups excluding tert-OH is 1. The second-order valence-electron chi connectivity index (χ2n) is 3.01. The molecule has 0 aromatic rings. The van der Waals surface area contributed by atoms with Crippen LogP contribution in [-0.2, 0) is 11.1 Å². The topological polar surface area (TPSA) is 69.9 Å². The minimum Gasteiger partial charge on any atom is -0.506 e. The largest absolute Gasteiger partial charge is 0.506 e. The maximum atomic E-state index is 11.1. The van der Waals surface area contributed by atoms with E-state index in [9.17, 15) is 9.32 Å². The van der Waals surface area contributed by atoms with Gasteiger partial charge in [0.15, 0.2) is 11.1 Å². The summed E-state index contributed by atoms with van der Waals surface area (Å²) in [7, 11) is 1.52. The van der Waals surface area contributed by atoms with Crippen LogP contribution in [0.3, 0.4) is 0 Å². The number of aliphatic hydroxyl groups is 1. The summed E-state index contributed by atoms with van der Waals surface area (Å²) in [6, 6.07) is 0. The van der Waals surface area contributed by atoms with E-state index >= 15 is 0 Å². The zero-order valence-corrected chi connectivity index (χ0v) is 9.86. The van der Waals surface area contributed by atoms with Crippen molar-refractivity contribution in [3.05, 3.63) is 46.6 Å². The molecule has 0 heterocycles. The SMILES string of the molecule is C/C=C\C=C1\C(S(=O)O)=CC=C(O)C1=NC. The lowest BCUT2D eigenvalue weighted by molar-refractivity contribution is 0.443. The number of allylic oxidation sites excluding steroid dienone is 7. The van der Waals surface area contributed by atoms with Gasteiger partial charge in [-0.2, -0.15) is 0 Å². The molecule has 4 nitrogen and oxygen atoms in total. The Morgan fingerprint density at radius 1 is 1.44 bits per heavy atom. The van der Waals surface area contributed by atoms with Crippen LogP contribution in [0.2, 0.25) is 0 Å². The predicted molar refractivity (Wildman–Crippen MR) is 65.8 cm³/mol. The summed E-state index contributed by atoms with van der Waals surface area (Å²) in [5.74, 6) is -0.00699. The normalized spacial score (nSPS) is 23.7. The van der Waals surface area contributed by atoms with E-state index in [1.54, 1.807) is 18.2 Å². The highest BCUT2D eigenvalue weighted by molar-refractivity contribution is 7.83. The van der Waals surface area contributed by atoms with E-state index in [0.717, 1.165) is 0 Å². The second kappa shape index (κ2) is 5.58. The van der Waals surface area contributed by atoms with E-state index in [4.69, 9.17) is 4.55 Å². The first kappa shape index (κ1) is 12.6. The third-order valence-electron chi connectivity index (χ3n) is 2.02. The quantitative estimate of drug-likeness (QED) is 0.725. The Hall–Kier alpha value is -1.46.